The van der Waals surface area contributed by atoms with Crippen molar-refractivity contribution < 1.29 is 19.4 Å². The maximum absolute atomic E-state index is 12.8. The van der Waals surface area contributed by atoms with Gasteiger partial charge in [0.25, 0.3) is 0 Å². The third-order valence-corrected chi connectivity index (χ3v) is 4.95. The number of carboxylic acid groups (broad SMARTS) is 1. The molecule has 1 N–H and O–H groups in total. The molecule has 0 bridgehead atoms. The molecule has 0 aliphatic carbocycles. The van der Waals surface area contributed by atoms with E-state index in [-0.39, 0.29) is 17.7 Å². The van der Waals surface area contributed by atoms with Crippen molar-refractivity contribution in [3.63, 3.8) is 0 Å². The summed E-state index contributed by atoms with van der Waals surface area (Å²) in [6.45, 7) is 7.08. The second-order valence-electron chi connectivity index (χ2n) is 6.50. The highest BCUT2D eigenvalue weighted by Crippen LogP contribution is 2.38. The molecule has 0 radical (unpaired) electrons. The van der Waals surface area contributed by atoms with Crippen molar-refractivity contribution in [3.8, 4) is 5.75 Å². The van der Waals surface area contributed by atoms with E-state index in [0.717, 1.165) is 22.4 Å². The molecule has 1 aromatic rings. The zero-order valence-electron chi connectivity index (χ0n) is 13.1. The van der Waals surface area contributed by atoms with Crippen LogP contribution in [0.5, 0.6) is 5.75 Å². The van der Waals surface area contributed by atoms with Gasteiger partial charge in [0.15, 0.2) is 0 Å². The number of amides is 1. The van der Waals surface area contributed by atoms with E-state index in [2.05, 4.69) is 0 Å². The van der Waals surface area contributed by atoms with E-state index in [4.69, 9.17) is 4.74 Å². The standard InChI is InChI=1S/C17H21NO4/c1-9-4-12-14(8-22-15(12)5-10(9)2)16(19)18-6-11(3)13(7-18)17(20)21/h4-5,11,13-14H,6-8H2,1-3H3,(H,20,21)/t11-,13-,14?/m1/s1. The molecule has 5 heteroatoms. The molecule has 118 valence electrons. The van der Waals surface area contributed by atoms with Gasteiger partial charge >= 0.3 is 5.97 Å². The van der Waals surface area contributed by atoms with Crippen LogP contribution in [0, 0.1) is 25.7 Å². The number of ether oxygens (including phenoxy) is 1. The van der Waals surface area contributed by atoms with Gasteiger partial charge in [-0.3, -0.25) is 9.59 Å². The summed E-state index contributed by atoms with van der Waals surface area (Å²) < 4.78 is 5.66. The van der Waals surface area contributed by atoms with Crippen LogP contribution in [0.15, 0.2) is 12.1 Å². The van der Waals surface area contributed by atoms with Crippen LogP contribution in [0.3, 0.4) is 0 Å². The molecule has 1 amide bonds. The van der Waals surface area contributed by atoms with Gasteiger partial charge in [-0.25, -0.2) is 0 Å². The van der Waals surface area contributed by atoms with Gasteiger partial charge in [-0.05, 0) is 37.0 Å². The molecule has 1 aromatic carbocycles. The molecule has 2 aliphatic rings. The van der Waals surface area contributed by atoms with E-state index in [1.165, 1.54) is 0 Å². The molecule has 1 fully saturated rings. The van der Waals surface area contributed by atoms with Crippen molar-refractivity contribution in [3.05, 3.63) is 28.8 Å². The van der Waals surface area contributed by atoms with Gasteiger partial charge in [0.1, 0.15) is 18.3 Å². The van der Waals surface area contributed by atoms with Crippen LogP contribution in [-0.2, 0) is 9.59 Å². The minimum absolute atomic E-state index is 0.0111. The number of benzene rings is 1. The lowest BCUT2D eigenvalue weighted by molar-refractivity contribution is -0.142. The molecular formula is C17H21NO4. The molecule has 1 saturated heterocycles. The topological polar surface area (TPSA) is 66.8 Å². The van der Waals surface area contributed by atoms with E-state index in [1.54, 1.807) is 4.90 Å². The van der Waals surface area contributed by atoms with Crippen LogP contribution in [0.4, 0.5) is 0 Å². The Hall–Kier alpha value is -2.04. The molecule has 3 rings (SSSR count). The molecule has 1 unspecified atom stereocenters. The summed E-state index contributed by atoms with van der Waals surface area (Å²) in [5, 5.41) is 9.21. The largest absolute Gasteiger partial charge is 0.492 e. The Bertz CT molecular complexity index is 640. The van der Waals surface area contributed by atoms with Crippen molar-refractivity contribution in [2.75, 3.05) is 19.7 Å². The lowest BCUT2D eigenvalue weighted by atomic mass is 9.96. The van der Waals surface area contributed by atoms with Crippen molar-refractivity contribution in [1.29, 1.82) is 0 Å². The third kappa shape index (κ3) is 2.34. The van der Waals surface area contributed by atoms with Crippen molar-refractivity contribution >= 4 is 11.9 Å². The predicted octanol–water partition coefficient (Wildman–Crippen LogP) is 1.96. The number of hydrogen-bond acceptors (Lipinski definition) is 3. The fourth-order valence-electron chi connectivity index (χ4n) is 3.37. The first-order chi connectivity index (χ1) is 10.4. The van der Waals surface area contributed by atoms with Gasteiger partial charge in [-0.2, -0.15) is 0 Å². The average Bonchev–Trinajstić information content (AvgIpc) is 3.02. The summed E-state index contributed by atoms with van der Waals surface area (Å²) in [7, 11) is 0. The van der Waals surface area contributed by atoms with Crippen LogP contribution < -0.4 is 4.74 Å². The first kappa shape index (κ1) is 14.9. The predicted molar refractivity (Wildman–Crippen MR) is 81.0 cm³/mol. The Labute approximate surface area is 129 Å². The van der Waals surface area contributed by atoms with E-state index < -0.39 is 11.9 Å². The third-order valence-electron chi connectivity index (χ3n) is 4.95. The Morgan fingerprint density at radius 1 is 1.23 bits per heavy atom. The fraction of sp³-hybridized carbons (Fsp3) is 0.529. The number of carbonyl (C=O) groups excluding carboxylic acids is 1. The second-order valence-corrected chi connectivity index (χ2v) is 6.50. The van der Waals surface area contributed by atoms with E-state index >= 15 is 0 Å². The number of hydrogen-bond donors (Lipinski definition) is 1. The van der Waals surface area contributed by atoms with Gasteiger partial charge < -0.3 is 14.7 Å². The molecule has 22 heavy (non-hydrogen) atoms. The van der Waals surface area contributed by atoms with Crippen molar-refractivity contribution in [1.82, 2.24) is 4.90 Å². The number of aliphatic carboxylic acids is 1. The average molecular weight is 303 g/mol. The van der Waals surface area contributed by atoms with E-state index in [1.807, 2.05) is 32.9 Å². The molecule has 2 heterocycles. The lowest BCUT2D eigenvalue weighted by Crippen LogP contribution is -2.34. The highest BCUT2D eigenvalue weighted by Gasteiger charge is 2.41. The summed E-state index contributed by atoms with van der Waals surface area (Å²) in [5.41, 5.74) is 3.22. The molecule has 0 aromatic heterocycles. The maximum Gasteiger partial charge on any atom is 0.308 e. The normalized spacial score (nSPS) is 26.7. The number of aryl methyl sites for hydroxylation is 2. The summed E-state index contributed by atoms with van der Waals surface area (Å²) in [6, 6.07) is 4.00. The zero-order chi connectivity index (χ0) is 16.0. The van der Waals surface area contributed by atoms with Crippen LogP contribution in [0.25, 0.3) is 0 Å². The highest BCUT2D eigenvalue weighted by molar-refractivity contribution is 5.87. The molecule has 0 saturated carbocycles. The number of carboxylic acids is 1. The lowest BCUT2D eigenvalue weighted by Gasteiger charge is -2.20. The van der Waals surface area contributed by atoms with Gasteiger partial charge in [0.05, 0.1) is 5.92 Å². The Morgan fingerprint density at radius 3 is 2.55 bits per heavy atom. The molecule has 3 atom stereocenters. The van der Waals surface area contributed by atoms with Gasteiger partial charge in [-0.15, -0.1) is 0 Å². The van der Waals surface area contributed by atoms with Crippen LogP contribution in [-0.4, -0.2) is 41.6 Å². The summed E-state index contributed by atoms with van der Waals surface area (Å²) in [5.74, 6) is -0.846. The zero-order valence-corrected chi connectivity index (χ0v) is 13.1. The first-order valence-electron chi connectivity index (χ1n) is 7.64. The Kier molecular flexibility index (Phi) is 3.59. The quantitative estimate of drug-likeness (QED) is 0.907. The van der Waals surface area contributed by atoms with Gasteiger partial charge in [0.2, 0.25) is 5.91 Å². The van der Waals surface area contributed by atoms with E-state index in [9.17, 15) is 14.7 Å². The van der Waals surface area contributed by atoms with Gasteiger partial charge in [0, 0.05) is 18.7 Å². The summed E-state index contributed by atoms with van der Waals surface area (Å²) >= 11 is 0. The molecule has 0 spiro atoms. The fourth-order valence-corrected chi connectivity index (χ4v) is 3.37. The van der Waals surface area contributed by atoms with Crippen molar-refractivity contribution in [2.45, 2.75) is 26.7 Å². The summed E-state index contributed by atoms with van der Waals surface area (Å²) in [6.07, 6.45) is 0. The second kappa shape index (κ2) is 5.30. The number of likely N-dealkylation sites (tertiary alicyclic amines) is 1. The maximum atomic E-state index is 12.8. The monoisotopic (exact) mass is 303 g/mol. The van der Waals surface area contributed by atoms with Crippen molar-refractivity contribution in [2.24, 2.45) is 11.8 Å². The Morgan fingerprint density at radius 2 is 1.91 bits per heavy atom. The van der Waals surface area contributed by atoms with E-state index in [0.29, 0.717) is 19.7 Å². The number of fused-ring (bicyclic) bond motifs is 1. The van der Waals surface area contributed by atoms with Crippen LogP contribution >= 0.6 is 0 Å². The Balaban J connectivity index is 1.82. The minimum Gasteiger partial charge on any atom is -0.492 e. The van der Waals surface area contributed by atoms with Crippen LogP contribution in [0.2, 0.25) is 0 Å². The molecule has 2 aliphatic heterocycles. The SMILES string of the molecule is Cc1cc2c(cc1C)C(C(=O)N1C[C@@H](C)[C@H](C(=O)O)C1)CO2. The highest BCUT2D eigenvalue weighted by atomic mass is 16.5. The number of rotatable bonds is 2. The number of carbonyl (C=O) groups is 2. The first-order valence-corrected chi connectivity index (χ1v) is 7.64. The molecule has 5 nitrogen and oxygen atoms in total. The van der Waals surface area contributed by atoms with Crippen LogP contribution in [0.1, 0.15) is 29.5 Å². The summed E-state index contributed by atoms with van der Waals surface area (Å²) in [4.78, 5) is 25.7. The minimum atomic E-state index is -0.822. The number of nitrogens with zero attached hydrogens (tertiary/aromatic N) is 1. The smallest absolute Gasteiger partial charge is 0.308 e. The van der Waals surface area contributed by atoms with Gasteiger partial charge in [-0.1, -0.05) is 13.0 Å². The molecular weight excluding hydrogens is 282 g/mol.